The molecule has 1 aromatic heterocycles. The third kappa shape index (κ3) is 1.83. The van der Waals surface area contributed by atoms with Crippen LogP contribution in [0.2, 0.25) is 0 Å². The van der Waals surface area contributed by atoms with E-state index < -0.39 is 0 Å². The molecular formula is C16H17N3O. The van der Waals surface area contributed by atoms with Crippen molar-refractivity contribution in [2.24, 2.45) is 5.92 Å². The summed E-state index contributed by atoms with van der Waals surface area (Å²) in [5.74, 6) is 0.550. The van der Waals surface area contributed by atoms with Crippen molar-refractivity contribution in [3.8, 4) is 0 Å². The fourth-order valence-electron chi connectivity index (χ4n) is 3.05. The highest BCUT2D eigenvalue weighted by Crippen LogP contribution is 2.38. The van der Waals surface area contributed by atoms with Crippen molar-refractivity contribution < 1.29 is 4.79 Å². The van der Waals surface area contributed by atoms with E-state index in [0.29, 0.717) is 5.91 Å². The van der Waals surface area contributed by atoms with Gasteiger partial charge in [-0.2, -0.15) is 0 Å². The molecule has 102 valence electrons. The van der Waals surface area contributed by atoms with E-state index in [2.05, 4.69) is 22.1 Å². The molecule has 1 fully saturated rings. The quantitative estimate of drug-likeness (QED) is 0.907. The molecule has 4 nitrogen and oxygen atoms in total. The molecule has 1 unspecified atom stereocenters. The van der Waals surface area contributed by atoms with E-state index in [0.717, 1.165) is 37.1 Å². The maximum absolute atomic E-state index is 12.6. The number of H-pyrrole nitrogens is 1. The predicted octanol–water partition coefficient (Wildman–Crippen LogP) is 2.29. The second kappa shape index (κ2) is 4.47. The van der Waals surface area contributed by atoms with Crippen molar-refractivity contribution in [1.29, 1.82) is 0 Å². The van der Waals surface area contributed by atoms with Gasteiger partial charge < -0.3 is 9.88 Å². The SMILES string of the molecule is O=C(C1CC1)N1CCc2[nH]cnc2C1c1ccccc1. The van der Waals surface area contributed by atoms with Gasteiger partial charge in [-0.1, -0.05) is 30.3 Å². The van der Waals surface area contributed by atoms with Crippen LogP contribution >= 0.6 is 0 Å². The number of nitrogens with zero attached hydrogens (tertiary/aromatic N) is 2. The Hall–Kier alpha value is -2.10. The molecule has 2 heterocycles. The monoisotopic (exact) mass is 267 g/mol. The summed E-state index contributed by atoms with van der Waals surface area (Å²) in [6.07, 6.45) is 4.71. The van der Waals surface area contributed by atoms with Gasteiger partial charge in [0.05, 0.1) is 12.0 Å². The smallest absolute Gasteiger partial charge is 0.226 e. The first-order chi connectivity index (χ1) is 9.84. The van der Waals surface area contributed by atoms with Crippen LogP contribution in [0.4, 0.5) is 0 Å². The molecule has 0 saturated heterocycles. The Morgan fingerprint density at radius 2 is 2.05 bits per heavy atom. The number of benzene rings is 1. The molecule has 4 heteroatoms. The van der Waals surface area contributed by atoms with E-state index in [-0.39, 0.29) is 12.0 Å². The van der Waals surface area contributed by atoms with Crippen LogP contribution in [0.3, 0.4) is 0 Å². The maximum Gasteiger partial charge on any atom is 0.226 e. The zero-order chi connectivity index (χ0) is 13.5. The Labute approximate surface area is 117 Å². The summed E-state index contributed by atoms with van der Waals surface area (Å²) in [6, 6.07) is 10.2. The first-order valence-corrected chi connectivity index (χ1v) is 7.22. The van der Waals surface area contributed by atoms with Gasteiger partial charge in [0, 0.05) is 24.6 Å². The first-order valence-electron chi connectivity index (χ1n) is 7.22. The van der Waals surface area contributed by atoms with E-state index >= 15 is 0 Å². The van der Waals surface area contributed by atoms with Crippen LogP contribution in [0.5, 0.6) is 0 Å². The van der Waals surface area contributed by atoms with Crippen LogP contribution in [0, 0.1) is 5.92 Å². The second-order valence-electron chi connectivity index (χ2n) is 5.64. The maximum atomic E-state index is 12.6. The summed E-state index contributed by atoms with van der Waals surface area (Å²) in [5.41, 5.74) is 3.32. The molecule has 20 heavy (non-hydrogen) atoms. The summed E-state index contributed by atoms with van der Waals surface area (Å²) in [7, 11) is 0. The summed E-state index contributed by atoms with van der Waals surface area (Å²) in [6.45, 7) is 0.782. The Morgan fingerprint density at radius 1 is 1.25 bits per heavy atom. The zero-order valence-corrected chi connectivity index (χ0v) is 11.2. The van der Waals surface area contributed by atoms with Crippen molar-refractivity contribution in [3.63, 3.8) is 0 Å². The number of aromatic nitrogens is 2. The van der Waals surface area contributed by atoms with Crippen LogP contribution in [0.15, 0.2) is 36.7 Å². The van der Waals surface area contributed by atoms with Gasteiger partial charge in [-0.3, -0.25) is 4.79 Å². The summed E-state index contributed by atoms with van der Waals surface area (Å²) in [5, 5.41) is 0. The Balaban J connectivity index is 1.78. The molecular weight excluding hydrogens is 250 g/mol. The minimum atomic E-state index is -0.0284. The Morgan fingerprint density at radius 3 is 2.80 bits per heavy atom. The van der Waals surface area contributed by atoms with Crippen LogP contribution in [-0.4, -0.2) is 27.3 Å². The number of fused-ring (bicyclic) bond motifs is 1. The van der Waals surface area contributed by atoms with Gasteiger partial charge in [0.2, 0.25) is 5.91 Å². The normalized spacial score (nSPS) is 21.6. The third-order valence-corrected chi connectivity index (χ3v) is 4.25. The average molecular weight is 267 g/mol. The summed E-state index contributed by atoms with van der Waals surface area (Å²) in [4.78, 5) is 22.3. The summed E-state index contributed by atoms with van der Waals surface area (Å²) < 4.78 is 0. The Kier molecular flexibility index (Phi) is 2.62. The lowest BCUT2D eigenvalue weighted by molar-refractivity contribution is -0.134. The van der Waals surface area contributed by atoms with Crippen molar-refractivity contribution in [2.45, 2.75) is 25.3 Å². The largest absolute Gasteiger partial charge is 0.348 e. The summed E-state index contributed by atoms with van der Waals surface area (Å²) >= 11 is 0. The van der Waals surface area contributed by atoms with Crippen LogP contribution in [0.1, 0.15) is 35.8 Å². The molecule has 2 aromatic rings. The molecule has 1 aliphatic carbocycles. The third-order valence-electron chi connectivity index (χ3n) is 4.25. The lowest BCUT2D eigenvalue weighted by Gasteiger charge is -2.35. The second-order valence-corrected chi connectivity index (χ2v) is 5.64. The molecule has 4 rings (SSSR count). The first kappa shape index (κ1) is 11.7. The van der Waals surface area contributed by atoms with Crippen molar-refractivity contribution in [3.05, 3.63) is 53.6 Å². The Bertz CT molecular complexity index is 630. The molecule has 1 N–H and O–H groups in total. The number of hydrogen-bond acceptors (Lipinski definition) is 2. The van der Waals surface area contributed by atoms with E-state index in [4.69, 9.17) is 0 Å². The minimum Gasteiger partial charge on any atom is -0.348 e. The van der Waals surface area contributed by atoms with Crippen LogP contribution in [-0.2, 0) is 11.2 Å². The molecule has 0 spiro atoms. The van der Waals surface area contributed by atoms with Crippen LogP contribution < -0.4 is 0 Å². The van der Waals surface area contributed by atoms with E-state index in [1.54, 1.807) is 6.33 Å². The van der Waals surface area contributed by atoms with Gasteiger partial charge in [0.25, 0.3) is 0 Å². The number of rotatable bonds is 2. The standard InChI is InChI=1S/C16H17N3O/c20-16(12-6-7-12)19-9-8-13-14(18-10-17-13)15(19)11-4-2-1-3-5-11/h1-5,10,12,15H,6-9H2,(H,17,18). The molecule has 1 atom stereocenters. The highest BCUT2D eigenvalue weighted by Gasteiger charge is 2.40. The molecule has 1 amide bonds. The van der Waals surface area contributed by atoms with Gasteiger partial charge in [0.1, 0.15) is 6.04 Å². The minimum absolute atomic E-state index is 0.0284. The number of amides is 1. The van der Waals surface area contributed by atoms with Gasteiger partial charge in [-0.05, 0) is 18.4 Å². The van der Waals surface area contributed by atoms with Gasteiger partial charge >= 0.3 is 0 Å². The number of hydrogen-bond donors (Lipinski definition) is 1. The number of carbonyl (C=O) groups excluding carboxylic acids is 1. The fraction of sp³-hybridized carbons (Fsp3) is 0.375. The molecule has 0 bridgehead atoms. The molecule has 0 radical (unpaired) electrons. The predicted molar refractivity (Wildman–Crippen MR) is 75.0 cm³/mol. The van der Waals surface area contributed by atoms with E-state index in [9.17, 15) is 4.79 Å². The lowest BCUT2D eigenvalue weighted by Crippen LogP contribution is -2.41. The van der Waals surface area contributed by atoms with Gasteiger partial charge in [-0.25, -0.2) is 4.98 Å². The average Bonchev–Trinajstić information content (AvgIpc) is 3.24. The van der Waals surface area contributed by atoms with Crippen molar-refractivity contribution in [2.75, 3.05) is 6.54 Å². The fourth-order valence-corrected chi connectivity index (χ4v) is 3.05. The van der Waals surface area contributed by atoms with Crippen LogP contribution in [0.25, 0.3) is 0 Å². The zero-order valence-electron chi connectivity index (χ0n) is 11.2. The van der Waals surface area contributed by atoms with Crippen molar-refractivity contribution >= 4 is 5.91 Å². The number of nitrogens with one attached hydrogen (secondary N) is 1. The molecule has 1 aliphatic heterocycles. The lowest BCUT2D eigenvalue weighted by atomic mass is 9.95. The topological polar surface area (TPSA) is 49.0 Å². The molecule has 2 aliphatic rings. The van der Waals surface area contributed by atoms with E-state index in [1.807, 2.05) is 23.1 Å². The number of carbonyl (C=O) groups is 1. The van der Waals surface area contributed by atoms with E-state index in [1.165, 1.54) is 5.69 Å². The number of aromatic amines is 1. The molecule has 1 aromatic carbocycles. The number of imidazole rings is 1. The molecule has 1 saturated carbocycles. The van der Waals surface area contributed by atoms with Gasteiger partial charge in [0.15, 0.2) is 0 Å². The highest BCUT2D eigenvalue weighted by molar-refractivity contribution is 5.82. The highest BCUT2D eigenvalue weighted by atomic mass is 16.2. The van der Waals surface area contributed by atoms with Gasteiger partial charge in [-0.15, -0.1) is 0 Å². The van der Waals surface area contributed by atoms with Crippen molar-refractivity contribution in [1.82, 2.24) is 14.9 Å².